The molecule has 3 unspecified atom stereocenters. The van der Waals surface area contributed by atoms with Crippen LogP contribution in [0.3, 0.4) is 0 Å². The van der Waals surface area contributed by atoms with E-state index in [-0.39, 0.29) is 5.60 Å². The molecule has 0 aromatic carbocycles. The fourth-order valence-corrected chi connectivity index (χ4v) is 7.81. The highest BCUT2D eigenvalue weighted by Crippen LogP contribution is 2.68. The lowest BCUT2D eigenvalue weighted by Crippen LogP contribution is -2.53. The third-order valence-electron chi connectivity index (χ3n) is 8.78. The molecule has 0 radical (unpaired) electrons. The van der Waals surface area contributed by atoms with Crippen molar-refractivity contribution in [3.05, 3.63) is 23.8 Å². The summed E-state index contributed by atoms with van der Waals surface area (Å²) in [6.07, 6.45) is 18.2. The first-order valence-electron chi connectivity index (χ1n) is 10.5. The minimum atomic E-state index is 0.0524. The molecule has 3 saturated carbocycles. The number of hydrogen-bond acceptors (Lipinski definition) is 3. The summed E-state index contributed by atoms with van der Waals surface area (Å²) in [5.41, 5.74) is 2.91. The number of nitrogens with zero attached hydrogens (tertiary/aromatic N) is 1. The highest BCUT2D eigenvalue weighted by molar-refractivity contribution is 5.96. The summed E-state index contributed by atoms with van der Waals surface area (Å²) in [4.78, 5) is 0. The Morgan fingerprint density at radius 2 is 2.08 bits per heavy atom. The third kappa shape index (κ3) is 2.05. The maximum absolute atomic E-state index is 9.14. The van der Waals surface area contributed by atoms with Crippen molar-refractivity contribution < 1.29 is 9.94 Å². The Balaban J connectivity index is 1.47. The molecule has 3 heteroatoms. The minimum Gasteiger partial charge on any atom is -0.411 e. The van der Waals surface area contributed by atoms with E-state index < -0.39 is 0 Å². The van der Waals surface area contributed by atoms with E-state index in [0.717, 1.165) is 42.4 Å². The Kier molecular flexibility index (Phi) is 3.68. The summed E-state index contributed by atoms with van der Waals surface area (Å²) >= 11 is 0. The molecule has 25 heavy (non-hydrogen) atoms. The molecule has 3 nitrogen and oxygen atoms in total. The van der Waals surface area contributed by atoms with Crippen LogP contribution in [0.15, 0.2) is 29.0 Å². The Bertz CT molecular complexity index is 650. The first-order chi connectivity index (χ1) is 12.2. The standard InChI is InChI=1S/C22H31NO2/c1-2-21-11-8-18-17-7-5-16(23-24)14-15(17)4-6-19(18)20(21)9-12-22(21)10-3-13-25-22/h3,10,14,17-20,24H,2,4-9,11-13H2,1H3/t17-,18?,19?,20?,21-,22-/m0/s1. The first kappa shape index (κ1) is 16.1. The van der Waals surface area contributed by atoms with Crippen molar-refractivity contribution in [1.82, 2.24) is 0 Å². The van der Waals surface area contributed by atoms with E-state index in [1.165, 1.54) is 51.4 Å². The molecule has 1 heterocycles. The summed E-state index contributed by atoms with van der Waals surface area (Å²) in [7, 11) is 0. The highest BCUT2D eigenvalue weighted by atomic mass is 16.5. The lowest BCUT2D eigenvalue weighted by atomic mass is 9.49. The van der Waals surface area contributed by atoms with Crippen LogP contribution in [-0.2, 0) is 4.74 Å². The Morgan fingerprint density at radius 3 is 2.84 bits per heavy atom. The van der Waals surface area contributed by atoms with Crippen LogP contribution in [0.1, 0.15) is 64.7 Å². The smallest absolute Gasteiger partial charge is 0.0926 e. The first-order valence-corrected chi connectivity index (χ1v) is 10.5. The fraction of sp³-hybridized carbons (Fsp3) is 0.773. The van der Waals surface area contributed by atoms with Crippen molar-refractivity contribution in [3.63, 3.8) is 0 Å². The van der Waals surface area contributed by atoms with E-state index in [2.05, 4.69) is 30.3 Å². The Labute approximate surface area is 151 Å². The number of oxime groups is 1. The maximum atomic E-state index is 9.14. The number of allylic oxidation sites excluding steroid dienone is 2. The van der Waals surface area contributed by atoms with Gasteiger partial charge in [0.2, 0.25) is 0 Å². The molecule has 0 aromatic heterocycles. The van der Waals surface area contributed by atoms with Gasteiger partial charge in [-0.2, -0.15) is 0 Å². The highest BCUT2D eigenvalue weighted by Gasteiger charge is 2.64. The fourth-order valence-electron chi connectivity index (χ4n) is 7.81. The van der Waals surface area contributed by atoms with Gasteiger partial charge in [0.05, 0.1) is 17.9 Å². The molecule has 0 aromatic rings. The SMILES string of the molecule is CC[C@]12CCC3C(CCC4=CC(=NO)CC[C@@H]43)C1CC[C@@]21C=CCO1. The van der Waals surface area contributed by atoms with E-state index >= 15 is 0 Å². The van der Waals surface area contributed by atoms with Crippen LogP contribution in [0.4, 0.5) is 0 Å². The van der Waals surface area contributed by atoms with Gasteiger partial charge in [-0.3, -0.25) is 0 Å². The average Bonchev–Trinajstić information content (AvgIpc) is 3.27. The van der Waals surface area contributed by atoms with Gasteiger partial charge in [0, 0.05) is 5.41 Å². The van der Waals surface area contributed by atoms with Crippen LogP contribution in [0.5, 0.6) is 0 Å². The van der Waals surface area contributed by atoms with Crippen LogP contribution < -0.4 is 0 Å². The number of hydrogen-bond donors (Lipinski definition) is 1. The quantitative estimate of drug-likeness (QED) is 0.409. The summed E-state index contributed by atoms with van der Waals surface area (Å²) in [6.45, 7) is 3.23. The van der Waals surface area contributed by atoms with E-state index in [1.807, 2.05) is 0 Å². The predicted molar refractivity (Wildman–Crippen MR) is 98.7 cm³/mol. The molecule has 3 fully saturated rings. The van der Waals surface area contributed by atoms with E-state index in [1.54, 1.807) is 5.57 Å². The van der Waals surface area contributed by atoms with Gasteiger partial charge in [-0.25, -0.2) is 0 Å². The van der Waals surface area contributed by atoms with Crippen molar-refractivity contribution in [3.8, 4) is 0 Å². The molecule has 0 saturated heterocycles. The van der Waals surface area contributed by atoms with Gasteiger partial charge in [0.25, 0.3) is 0 Å². The normalized spacial score (nSPS) is 49.8. The second kappa shape index (κ2) is 5.70. The van der Waals surface area contributed by atoms with Gasteiger partial charge in [-0.05, 0) is 87.5 Å². The average molecular weight is 341 g/mol. The molecule has 5 rings (SSSR count). The van der Waals surface area contributed by atoms with Gasteiger partial charge >= 0.3 is 0 Å². The molecule has 5 aliphatic rings. The van der Waals surface area contributed by atoms with Crippen molar-refractivity contribution >= 4 is 5.71 Å². The number of ether oxygens (including phenoxy) is 1. The van der Waals surface area contributed by atoms with E-state index in [0.29, 0.717) is 5.41 Å². The molecule has 1 N–H and O–H groups in total. The van der Waals surface area contributed by atoms with Crippen LogP contribution in [0.2, 0.25) is 0 Å². The largest absolute Gasteiger partial charge is 0.411 e. The van der Waals surface area contributed by atoms with Crippen molar-refractivity contribution in [2.45, 2.75) is 70.3 Å². The van der Waals surface area contributed by atoms with Gasteiger partial charge < -0.3 is 9.94 Å². The van der Waals surface area contributed by atoms with E-state index in [4.69, 9.17) is 9.94 Å². The minimum absolute atomic E-state index is 0.0524. The van der Waals surface area contributed by atoms with Gasteiger partial charge in [-0.1, -0.05) is 29.8 Å². The summed E-state index contributed by atoms with van der Waals surface area (Å²) in [6, 6.07) is 0. The lowest BCUT2D eigenvalue weighted by molar-refractivity contribution is -0.122. The Hall–Kier alpha value is -1.09. The van der Waals surface area contributed by atoms with Crippen LogP contribution in [-0.4, -0.2) is 23.1 Å². The second-order valence-electron chi connectivity index (χ2n) is 9.12. The zero-order valence-electron chi connectivity index (χ0n) is 15.4. The Morgan fingerprint density at radius 1 is 1.16 bits per heavy atom. The zero-order valence-corrected chi connectivity index (χ0v) is 15.4. The van der Waals surface area contributed by atoms with Gasteiger partial charge in [-0.15, -0.1) is 0 Å². The number of fused-ring (bicyclic) bond motifs is 6. The van der Waals surface area contributed by atoms with Crippen LogP contribution >= 0.6 is 0 Å². The summed E-state index contributed by atoms with van der Waals surface area (Å²) in [5, 5.41) is 12.6. The van der Waals surface area contributed by atoms with E-state index in [9.17, 15) is 0 Å². The molecule has 4 aliphatic carbocycles. The molecular formula is C22H31NO2. The second-order valence-corrected chi connectivity index (χ2v) is 9.12. The maximum Gasteiger partial charge on any atom is 0.0926 e. The molecule has 0 bridgehead atoms. The zero-order chi connectivity index (χ0) is 17.1. The lowest BCUT2D eigenvalue weighted by Gasteiger charge is -2.57. The van der Waals surface area contributed by atoms with Crippen molar-refractivity contribution in [2.75, 3.05) is 6.61 Å². The molecule has 0 amide bonds. The molecule has 6 atom stereocenters. The summed E-state index contributed by atoms with van der Waals surface area (Å²) < 4.78 is 6.41. The van der Waals surface area contributed by atoms with Crippen molar-refractivity contribution in [1.29, 1.82) is 0 Å². The number of rotatable bonds is 1. The summed E-state index contributed by atoms with van der Waals surface area (Å²) in [5.74, 6) is 3.31. The van der Waals surface area contributed by atoms with Crippen molar-refractivity contribution in [2.24, 2.45) is 34.2 Å². The van der Waals surface area contributed by atoms with Gasteiger partial charge in [0.1, 0.15) is 0 Å². The van der Waals surface area contributed by atoms with Crippen LogP contribution in [0, 0.1) is 29.1 Å². The predicted octanol–water partition coefficient (Wildman–Crippen LogP) is 5.10. The molecule has 1 aliphatic heterocycles. The van der Waals surface area contributed by atoms with Crippen LogP contribution in [0.25, 0.3) is 0 Å². The monoisotopic (exact) mass is 341 g/mol. The topological polar surface area (TPSA) is 41.8 Å². The van der Waals surface area contributed by atoms with Gasteiger partial charge in [0.15, 0.2) is 0 Å². The molecule has 1 spiro atoms. The molecular weight excluding hydrogens is 310 g/mol. The third-order valence-corrected chi connectivity index (χ3v) is 8.78. The molecule has 136 valence electrons.